The van der Waals surface area contributed by atoms with Gasteiger partial charge in [-0.2, -0.15) is 26.3 Å². The van der Waals surface area contributed by atoms with Crippen LogP contribution in [0.2, 0.25) is 5.02 Å². The monoisotopic (exact) mass is 368 g/mol. The molecular formula is C14H7ClF6N2O. The zero-order valence-corrected chi connectivity index (χ0v) is 12.2. The molecule has 10 heteroatoms. The minimum absolute atomic E-state index is 0.0984. The Morgan fingerprint density at radius 1 is 0.958 bits per heavy atom. The van der Waals surface area contributed by atoms with Crippen molar-refractivity contribution in [3.63, 3.8) is 0 Å². The number of aromatic nitrogens is 2. The van der Waals surface area contributed by atoms with Gasteiger partial charge in [0, 0.05) is 28.0 Å². The number of aromatic amines is 2. The Hall–Kier alpha value is -2.16. The van der Waals surface area contributed by atoms with E-state index in [1.807, 2.05) is 0 Å². The summed E-state index contributed by atoms with van der Waals surface area (Å²) in [5.74, 6) is 0. The highest BCUT2D eigenvalue weighted by Crippen LogP contribution is 2.41. The van der Waals surface area contributed by atoms with Crippen molar-refractivity contribution in [3.8, 4) is 0 Å². The molecule has 3 aromatic rings. The van der Waals surface area contributed by atoms with E-state index >= 15 is 0 Å². The lowest BCUT2D eigenvalue weighted by Gasteiger charge is -2.15. The summed E-state index contributed by atoms with van der Waals surface area (Å²) in [5.41, 5.74) is -3.20. The summed E-state index contributed by atoms with van der Waals surface area (Å²) in [6.45, 7) is 0. The maximum atomic E-state index is 13.5. The van der Waals surface area contributed by atoms with Crippen molar-refractivity contribution in [2.75, 3.05) is 0 Å². The molecule has 3 rings (SSSR count). The molecule has 3 nitrogen and oxygen atoms in total. The van der Waals surface area contributed by atoms with Gasteiger partial charge in [-0.15, -0.1) is 0 Å². The molecule has 2 aromatic heterocycles. The van der Waals surface area contributed by atoms with Gasteiger partial charge < -0.3 is 9.97 Å². The molecule has 0 aliphatic carbocycles. The minimum atomic E-state index is -4.90. The number of hydrogen-bond donors (Lipinski definition) is 2. The Balaban J connectivity index is 2.44. The molecule has 0 aliphatic rings. The summed E-state index contributed by atoms with van der Waals surface area (Å²) in [6.07, 6.45) is -11.0. The van der Waals surface area contributed by atoms with E-state index in [9.17, 15) is 31.1 Å². The fraction of sp³-hybridized carbons (Fsp3) is 0.214. The smallest absolute Gasteiger partial charge is 0.358 e. The molecule has 0 atom stereocenters. The van der Waals surface area contributed by atoms with E-state index in [-0.39, 0.29) is 15.9 Å². The fourth-order valence-electron chi connectivity index (χ4n) is 2.60. The van der Waals surface area contributed by atoms with Gasteiger partial charge in [-0.3, -0.25) is 4.79 Å². The minimum Gasteiger partial charge on any atom is -0.358 e. The summed E-state index contributed by atoms with van der Waals surface area (Å²) in [6, 6.07) is 2.86. The van der Waals surface area contributed by atoms with Crippen LogP contribution in [0.3, 0.4) is 0 Å². The predicted molar refractivity (Wildman–Crippen MR) is 76.2 cm³/mol. The molecule has 128 valence electrons. The number of fused-ring (bicyclic) bond motifs is 2. The number of benzene rings is 1. The van der Waals surface area contributed by atoms with Gasteiger partial charge in [0.1, 0.15) is 0 Å². The molecule has 0 fully saturated rings. The van der Waals surface area contributed by atoms with Crippen molar-refractivity contribution < 1.29 is 26.3 Å². The first kappa shape index (κ1) is 16.7. The number of nitrogens with one attached hydrogen (secondary N) is 2. The van der Waals surface area contributed by atoms with E-state index in [4.69, 9.17) is 11.6 Å². The Morgan fingerprint density at radius 3 is 2.21 bits per heavy atom. The van der Waals surface area contributed by atoms with Gasteiger partial charge in [0.25, 0.3) is 0 Å². The summed E-state index contributed by atoms with van der Waals surface area (Å²) in [7, 11) is 0. The number of halogens is 7. The fourth-order valence-corrected chi connectivity index (χ4v) is 2.88. The van der Waals surface area contributed by atoms with Crippen LogP contribution in [0.4, 0.5) is 26.3 Å². The van der Waals surface area contributed by atoms with Crippen LogP contribution < -0.4 is 5.56 Å². The van der Waals surface area contributed by atoms with Crippen molar-refractivity contribution in [1.82, 2.24) is 9.97 Å². The number of rotatable bonds is 1. The largest absolute Gasteiger partial charge is 0.419 e. The summed E-state index contributed by atoms with van der Waals surface area (Å²) >= 11 is 5.87. The van der Waals surface area contributed by atoms with Gasteiger partial charge >= 0.3 is 12.4 Å². The van der Waals surface area contributed by atoms with Crippen LogP contribution in [0.5, 0.6) is 0 Å². The van der Waals surface area contributed by atoms with Crippen molar-refractivity contribution >= 4 is 33.4 Å². The van der Waals surface area contributed by atoms with E-state index in [1.165, 1.54) is 6.07 Å². The second-order valence-electron chi connectivity index (χ2n) is 5.20. The second kappa shape index (κ2) is 5.17. The lowest BCUT2D eigenvalue weighted by Crippen LogP contribution is -2.14. The predicted octanol–water partition coefficient (Wildman–Crippen LogP) is 4.79. The maximum absolute atomic E-state index is 13.5. The molecule has 0 bridgehead atoms. The van der Waals surface area contributed by atoms with Crippen LogP contribution in [0.15, 0.2) is 23.0 Å². The Labute approximate surface area is 134 Å². The Kier molecular flexibility index (Phi) is 3.59. The molecule has 0 spiro atoms. The van der Waals surface area contributed by atoms with E-state index < -0.39 is 46.5 Å². The lowest BCUT2D eigenvalue weighted by molar-refractivity contribution is -0.135. The first-order chi connectivity index (χ1) is 11.0. The zero-order valence-electron chi connectivity index (χ0n) is 11.5. The average molecular weight is 369 g/mol. The third-order valence-electron chi connectivity index (χ3n) is 3.42. The maximum Gasteiger partial charge on any atom is 0.419 e. The van der Waals surface area contributed by atoms with Crippen LogP contribution in [-0.2, 0) is 12.6 Å². The van der Waals surface area contributed by atoms with Crippen molar-refractivity contribution in [2.45, 2.75) is 18.8 Å². The third kappa shape index (κ3) is 2.95. The molecule has 1 aromatic carbocycles. The normalized spacial score (nSPS) is 13.1. The second-order valence-corrected chi connectivity index (χ2v) is 5.61. The number of pyridine rings is 1. The van der Waals surface area contributed by atoms with Crippen LogP contribution in [0, 0.1) is 0 Å². The standard InChI is InChI=1S/C14H7ClF6N2O/c15-8-1-5(4-13(16,17)18)22-12-6(8)2-9-7(3-10(24)23-9)11(12)14(19,20)21/h1-3,22H,4H2,(H,23,24). The Bertz CT molecular complexity index is 999. The van der Waals surface area contributed by atoms with E-state index in [0.29, 0.717) is 0 Å². The molecule has 24 heavy (non-hydrogen) atoms. The quantitative estimate of drug-likeness (QED) is 0.596. The van der Waals surface area contributed by atoms with Gasteiger partial charge in [0.2, 0.25) is 5.56 Å². The molecule has 2 heterocycles. The molecule has 0 saturated heterocycles. The first-order valence-electron chi connectivity index (χ1n) is 6.47. The molecule has 0 aliphatic heterocycles. The topological polar surface area (TPSA) is 48.6 Å². The molecule has 0 amide bonds. The molecule has 0 unspecified atom stereocenters. The van der Waals surface area contributed by atoms with Crippen LogP contribution >= 0.6 is 11.6 Å². The van der Waals surface area contributed by atoms with Crippen molar-refractivity contribution in [2.24, 2.45) is 0 Å². The highest BCUT2D eigenvalue weighted by molar-refractivity contribution is 6.35. The van der Waals surface area contributed by atoms with Gasteiger partial charge in [-0.05, 0) is 12.1 Å². The highest BCUT2D eigenvalue weighted by atomic mass is 35.5. The van der Waals surface area contributed by atoms with Gasteiger partial charge in [-0.25, -0.2) is 0 Å². The number of H-pyrrole nitrogens is 2. The average Bonchev–Trinajstić information content (AvgIpc) is 2.72. The van der Waals surface area contributed by atoms with Crippen LogP contribution in [0.25, 0.3) is 21.8 Å². The summed E-state index contributed by atoms with van der Waals surface area (Å²) in [5, 5.41) is -0.849. The zero-order chi connectivity index (χ0) is 17.9. The molecule has 0 radical (unpaired) electrons. The molecule has 0 saturated carbocycles. The van der Waals surface area contributed by atoms with Gasteiger partial charge in [-0.1, -0.05) is 11.6 Å². The SMILES string of the molecule is O=c1cc2c(C(F)(F)F)c3[nH]c(CC(F)(F)F)cc(Cl)c3cc2[nH]1. The van der Waals surface area contributed by atoms with Crippen LogP contribution in [0.1, 0.15) is 11.3 Å². The van der Waals surface area contributed by atoms with E-state index in [0.717, 1.165) is 12.1 Å². The number of alkyl halides is 6. The Morgan fingerprint density at radius 2 is 1.62 bits per heavy atom. The van der Waals surface area contributed by atoms with E-state index in [2.05, 4.69) is 9.97 Å². The molecule has 2 N–H and O–H groups in total. The van der Waals surface area contributed by atoms with E-state index in [1.54, 1.807) is 0 Å². The van der Waals surface area contributed by atoms with Crippen molar-refractivity contribution in [3.05, 3.63) is 44.8 Å². The van der Waals surface area contributed by atoms with Crippen molar-refractivity contribution in [1.29, 1.82) is 0 Å². The number of hydrogen-bond acceptors (Lipinski definition) is 1. The van der Waals surface area contributed by atoms with Crippen LogP contribution in [-0.4, -0.2) is 16.1 Å². The lowest BCUT2D eigenvalue weighted by atomic mass is 10.0. The first-order valence-corrected chi connectivity index (χ1v) is 6.84. The third-order valence-corrected chi connectivity index (χ3v) is 3.73. The van der Waals surface area contributed by atoms with Gasteiger partial charge in [0.15, 0.2) is 0 Å². The molecular weight excluding hydrogens is 362 g/mol. The highest BCUT2D eigenvalue weighted by Gasteiger charge is 2.37. The summed E-state index contributed by atoms with van der Waals surface area (Å²) < 4.78 is 78.0. The van der Waals surface area contributed by atoms with Gasteiger partial charge in [0.05, 0.1) is 22.5 Å². The summed E-state index contributed by atoms with van der Waals surface area (Å²) in [4.78, 5) is 15.8.